The maximum absolute atomic E-state index is 11.8. The highest BCUT2D eigenvalue weighted by Gasteiger charge is 2.13. The minimum atomic E-state index is 0.128. The maximum atomic E-state index is 11.8. The minimum Gasteiger partial charge on any atom is -0.355 e. The zero-order chi connectivity index (χ0) is 13.0. The van der Waals surface area contributed by atoms with Crippen LogP contribution in [0.5, 0.6) is 0 Å². The molecule has 0 unspecified atom stereocenters. The number of carbonyl (C=O) groups is 1. The molecule has 6 nitrogen and oxygen atoms in total. The van der Waals surface area contributed by atoms with Gasteiger partial charge in [0.25, 0.3) is 0 Å². The van der Waals surface area contributed by atoms with Crippen molar-refractivity contribution in [1.82, 2.24) is 25.1 Å². The molecule has 0 saturated heterocycles. The fourth-order valence-corrected chi connectivity index (χ4v) is 2.61. The van der Waals surface area contributed by atoms with E-state index in [0.29, 0.717) is 6.54 Å². The molecule has 0 atom stereocenters. The van der Waals surface area contributed by atoms with Crippen molar-refractivity contribution < 1.29 is 4.79 Å². The first-order valence-electron chi connectivity index (χ1n) is 6.18. The molecular formula is C11H17N5OS. The predicted octanol–water partition coefficient (Wildman–Crippen LogP) is 1.28. The Hall–Kier alpha value is -1.50. The van der Waals surface area contributed by atoms with Crippen molar-refractivity contribution in [3.05, 3.63) is 11.3 Å². The molecule has 0 spiro atoms. The lowest BCUT2D eigenvalue weighted by Crippen LogP contribution is -2.31. The third kappa shape index (κ3) is 2.84. The van der Waals surface area contributed by atoms with Crippen LogP contribution in [-0.2, 0) is 11.2 Å². The number of hydrogen-bond acceptors (Lipinski definition) is 5. The molecule has 1 N–H and O–H groups in total. The van der Waals surface area contributed by atoms with Crippen LogP contribution in [-0.4, -0.2) is 32.3 Å². The van der Waals surface area contributed by atoms with Crippen LogP contribution < -0.4 is 5.32 Å². The van der Waals surface area contributed by atoms with E-state index in [0.717, 1.165) is 29.2 Å². The normalized spacial score (nSPS) is 11.3. The lowest BCUT2D eigenvalue weighted by atomic mass is 10.0. The summed E-state index contributed by atoms with van der Waals surface area (Å²) in [7, 11) is 0. The SMILES string of the molecule is CCC(CC)C(=O)NCCc1nn2cnnc2s1. The van der Waals surface area contributed by atoms with E-state index in [2.05, 4.69) is 20.6 Å². The molecule has 0 fully saturated rings. The number of amides is 1. The van der Waals surface area contributed by atoms with E-state index in [9.17, 15) is 4.79 Å². The molecule has 2 aromatic rings. The van der Waals surface area contributed by atoms with Crippen LogP contribution in [0, 0.1) is 5.92 Å². The summed E-state index contributed by atoms with van der Waals surface area (Å²) in [5.74, 6) is 0.269. The number of carbonyl (C=O) groups excluding carboxylic acids is 1. The lowest BCUT2D eigenvalue weighted by Gasteiger charge is -2.11. The lowest BCUT2D eigenvalue weighted by molar-refractivity contribution is -0.125. The van der Waals surface area contributed by atoms with Crippen molar-refractivity contribution >= 4 is 22.2 Å². The van der Waals surface area contributed by atoms with E-state index in [1.165, 1.54) is 11.3 Å². The number of nitrogens with zero attached hydrogens (tertiary/aromatic N) is 4. The number of nitrogens with one attached hydrogen (secondary N) is 1. The Balaban J connectivity index is 1.81. The number of aromatic nitrogens is 4. The van der Waals surface area contributed by atoms with Crippen molar-refractivity contribution in [3.8, 4) is 0 Å². The third-order valence-corrected chi connectivity index (χ3v) is 3.90. The summed E-state index contributed by atoms with van der Waals surface area (Å²) in [5.41, 5.74) is 0. The second-order valence-corrected chi connectivity index (χ2v) is 5.15. The molecule has 0 bridgehead atoms. The highest BCUT2D eigenvalue weighted by molar-refractivity contribution is 7.16. The van der Waals surface area contributed by atoms with Crippen molar-refractivity contribution in [2.45, 2.75) is 33.1 Å². The van der Waals surface area contributed by atoms with Crippen molar-refractivity contribution in [1.29, 1.82) is 0 Å². The Morgan fingerprint density at radius 2 is 2.28 bits per heavy atom. The summed E-state index contributed by atoms with van der Waals surface area (Å²) in [6, 6.07) is 0. The topological polar surface area (TPSA) is 72.2 Å². The van der Waals surface area contributed by atoms with Crippen molar-refractivity contribution in [3.63, 3.8) is 0 Å². The van der Waals surface area contributed by atoms with Gasteiger partial charge in [-0.15, -0.1) is 10.2 Å². The summed E-state index contributed by atoms with van der Waals surface area (Å²) >= 11 is 1.50. The molecule has 18 heavy (non-hydrogen) atoms. The van der Waals surface area contributed by atoms with Crippen LogP contribution in [0.1, 0.15) is 31.7 Å². The van der Waals surface area contributed by atoms with E-state index in [4.69, 9.17) is 0 Å². The van der Waals surface area contributed by atoms with Crippen LogP contribution in [0.4, 0.5) is 0 Å². The summed E-state index contributed by atoms with van der Waals surface area (Å²) < 4.78 is 1.66. The Morgan fingerprint density at radius 1 is 1.50 bits per heavy atom. The Morgan fingerprint density at radius 3 is 2.94 bits per heavy atom. The molecule has 2 heterocycles. The van der Waals surface area contributed by atoms with Crippen LogP contribution in [0.2, 0.25) is 0 Å². The highest BCUT2D eigenvalue weighted by Crippen LogP contribution is 2.12. The van der Waals surface area contributed by atoms with E-state index >= 15 is 0 Å². The zero-order valence-corrected chi connectivity index (χ0v) is 11.4. The fourth-order valence-electron chi connectivity index (χ4n) is 1.80. The minimum absolute atomic E-state index is 0.128. The zero-order valence-electron chi connectivity index (χ0n) is 10.6. The van der Waals surface area contributed by atoms with E-state index in [-0.39, 0.29) is 11.8 Å². The molecular weight excluding hydrogens is 250 g/mol. The average molecular weight is 267 g/mol. The molecule has 0 aliphatic heterocycles. The Kier molecular flexibility index (Phi) is 4.24. The first-order valence-corrected chi connectivity index (χ1v) is 6.99. The number of hydrogen-bond donors (Lipinski definition) is 1. The van der Waals surface area contributed by atoms with Crippen LogP contribution >= 0.6 is 11.3 Å². The monoisotopic (exact) mass is 267 g/mol. The predicted molar refractivity (Wildman–Crippen MR) is 69.4 cm³/mol. The molecule has 2 rings (SSSR count). The molecule has 7 heteroatoms. The van der Waals surface area contributed by atoms with Crippen LogP contribution in [0.25, 0.3) is 4.96 Å². The molecule has 0 aromatic carbocycles. The summed E-state index contributed by atoms with van der Waals surface area (Å²) in [6.07, 6.45) is 4.09. The van der Waals surface area contributed by atoms with Gasteiger partial charge >= 0.3 is 0 Å². The third-order valence-electron chi connectivity index (χ3n) is 2.92. The maximum Gasteiger partial charge on any atom is 0.234 e. The van der Waals surface area contributed by atoms with Gasteiger partial charge in [-0.2, -0.15) is 9.61 Å². The summed E-state index contributed by atoms with van der Waals surface area (Å²) in [4.78, 5) is 12.6. The van der Waals surface area contributed by atoms with Gasteiger partial charge in [0.2, 0.25) is 10.9 Å². The van der Waals surface area contributed by atoms with Gasteiger partial charge in [0, 0.05) is 18.9 Å². The van der Waals surface area contributed by atoms with Crippen molar-refractivity contribution in [2.75, 3.05) is 6.54 Å². The van der Waals surface area contributed by atoms with E-state index in [1.54, 1.807) is 10.8 Å². The van der Waals surface area contributed by atoms with Crippen molar-refractivity contribution in [2.24, 2.45) is 5.92 Å². The first-order chi connectivity index (χ1) is 8.74. The van der Waals surface area contributed by atoms with Gasteiger partial charge in [-0.25, -0.2) is 0 Å². The molecule has 0 saturated carbocycles. The van der Waals surface area contributed by atoms with E-state index in [1.807, 2.05) is 13.8 Å². The Bertz CT molecular complexity index is 488. The molecule has 0 aliphatic rings. The molecule has 0 radical (unpaired) electrons. The van der Waals surface area contributed by atoms with Gasteiger partial charge in [0.05, 0.1) is 0 Å². The van der Waals surface area contributed by atoms with Gasteiger partial charge in [0.1, 0.15) is 11.3 Å². The first kappa shape index (κ1) is 12.9. The number of fused-ring (bicyclic) bond motifs is 1. The summed E-state index contributed by atoms with van der Waals surface area (Å²) in [6.45, 7) is 4.70. The van der Waals surface area contributed by atoms with Crippen LogP contribution in [0.3, 0.4) is 0 Å². The largest absolute Gasteiger partial charge is 0.355 e. The van der Waals surface area contributed by atoms with E-state index < -0.39 is 0 Å². The van der Waals surface area contributed by atoms with Gasteiger partial charge in [0.15, 0.2) is 0 Å². The fraction of sp³-hybridized carbons (Fsp3) is 0.636. The van der Waals surface area contributed by atoms with Gasteiger partial charge < -0.3 is 5.32 Å². The highest BCUT2D eigenvalue weighted by atomic mass is 32.1. The second kappa shape index (κ2) is 5.90. The van der Waals surface area contributed by atoms with Gasteiger partial charge in [-0.05, 0) is 12.8 Å². The molecule has 0 aliphatic carbocycles. The quantitative estimate of drug-likeness (QED) is 0.855. The molecule has 98 valence electrons. The number of rotatable bonds is 6. The van der Waals surface area contributed by atoms with Gasteiger partial charge in [-0.3, -0.25) is 4.79 Å². The smallest absolute Gasteiger partial charge is 0.234 e. The Labute approximate surface area is 109 Å². The second-order valence-electron chi connectivity index (χ2n) is 4.11. The summed E-state index contributed by atoms with van der Waals surface area (Å²) in [5, 5.41) is 15.9. The van der Waals surface area contributed by atoms with Gasteiger partial charge in [-0.1, -0.05) is 25.2 Å². The standard InChI is InChI=1S/C11H17N5OS/c1-3-8(4-2)10(17)12-6-5-9-15-16-7-13-14-11(16)18-9/h7-8H,3-6H2,1-2H3,(H,12,17). The average Bonchev–Trinajstić information content (AvgIpc) is 2.91. The van der Waals surface area contributed by atoms with Crippen LogP contribution in [0.15, 0.2) is 6.33 Å². The molecule has 1 amide bonds. The molecule has 2 aromatic heterocycles.